The second-order valence-electron chi connectivity index (χ2n) is 9.44. The van der Waals surface area contributed by atoms with Crippen molar-refractivity contribution in [3.63, 3.8) is 0 Å². The molecule has 0 spiro atoms. The summed E-state index contributed by atoms with van der Waals surface area (Å²) >= 11 is 0. The molecule has 0 saturated carbocycles. The van der Waals surface area contributed by atoms with E-state index >= 15 is 0 Å². The third-order valence-corrected chi connectivity index (χ3v) is 8.50. The van der Waals surface area contributed by atoms with Gasteiger partial charge in [-0.3, -0.25) is 14.0 Å². The first-order chi connectivity index (χ1) is 17.4. The minimum absolute atomic E-state index is 0.103. The number of hydrogen-bond donors (Lipinski definition) is 1. The molecule has 0 aliphatic carbocycles. The monoisotopic (exact) mass is 505 g/mol. The SMILES string of the molecule is Cc1ccc2c(c1)N(S(=O)(=O)c1ccccc1)C[C@H](C(=O)NCc1ccc(CN3CCCC3)cc1)O2. The molecule has 188 valence electrons. The summed E-state index contributed by atoms with van der Waals surface area (Å²) in [6.07, 6.45) is 1.57. The lowest BCUT2D eigenvalue weighted by atomic mass is 10.1. The third-order valence-electron chi connectivity index (χ3n) is 6.70. The van der Waals surface area contributed by atoms with E-state index in [1.54, 1.807) is 42.5 Å². The van der Waals surface area contributed by atoms with E-state index in [0.29, 0.717) is 18.0 Å². The minimum Gasteiger partial charge on any atom is -0.476 e. The molecule has 0 unspecified atom stereocenters. The summed E-state index contributed by atoms with van der Waals surface area (Å²) in [5.74, 6) is 0.0217. The van der Waals surface area contributed by atoms with E-state index in [1.807, 2.05) is 25.1 Å². The fraction of sp³-hybridized carbons (Fsp3) is 0.321. The lowest BCUT2D eigenvalue weighted by Gasteiger charge is -2.35. The Morgan fingerprint density at radius 2 is 1.67 bits per heavy atom. The van der Waals surface area contributed by atoms with Crippen LogP contribution in [0.25, 0.3) is 0 Å². The Balaban J connectivity index is 1.29. The summed E-state index contributed by atoms with van der Waals surface area (Å²) in [4.78, 5) is 15.7. The Bertz CT molecular complexity index is 1320. The molecule has 0 aromatic heterocycles. The predicted octanol–water partition coefficient (Wildman–Crippen LogP) is 3.86. The van der Waals surface area contributed by atoms with Crippen LogP contribution in [0.5, 0.6) is 5.75 Å². The highest BCUT2D eigenvalue weighted by Crippen LogP contribution is 2.37. The Hall–Kier alpha value is -3.36. The van der Waals surface area contributed by atoms with E-state index in [4.69, 9.17) is 4.74 Å². The Morgan fingerprint density at radius 1 is 0.972 bits per heavy atom. The Labute approximate surface area is 212 Å². The number of ether oxygens (including phenoxy) is 1. The molecule has 1 N–H and O–H groups in total. The van der Waals surface area contributed by atoms with Crippen molar-refractivity contribution in [2.75, 3.05) is 23.9 Å². The first-order valence-electron chi connectivity index (χ1n) is 12.3. The van der Waals surface area contributed by atoms with E-state index in [2.05, 4.69) is 22.3 Å². The van der Waals surface area contributed by atoms with Crippen molar-refractivity contribution in [3.05, 3.63) is 89.5 Å². The van der Waals surface area contributed by atoms with Gasteiger partial charge in [-0.2, -0.15) is 0 Å². The summed E-state index contributed by atoms with van der Waals surface area (Å²) in [5, 5.41) is 2.92. The van der Waals surface area contributed by atoms with Gasteiger partial charge in [0, 0.05) is 13.1 Å². The number of likely N-dealkylation sites (tertiary alicyclic amines) is 1. The number of nitrogens with one attached hydrogen (secondary N) is 1. The summed E-state index contributed by atoms with van der Waals surface area (Å²) in [6.45, 7) is 5.39. The van der Waals surface area contributed by atoms with Crippen molar-refractivity contribution in [3.8, 4) is 5.75 Å². The van der Waals surface area contributed by atoms with Crippen LogP contribution >= 0.6 is 0 Å². The highest BCUT2D eigenvalue weighted by molar-refractivity contribution is 7.92. The molecule has 5 rings (SSSR count). The van der Waals surface area contributed by atoms with E-state index in [1.165, 1.54) is 22.7 Å². The van der Waals surface area contributed by atoms with Gasteiger partial charge < -0.3 is 10.1 Å². The van der Waals surface area contributed by atoms with E-state index in [0.717, 1.165) is 30.8 Å². The van der Waals surface area contributed by atoms with Gasteiger partial charge in [-0.05, 0) is 73.8 Å². The molecule has 1 saturated heterocycles. The average molecular weight is 506 g/mol. The molecular formula is C28H31N3O4S. The molecule has 3 aromatic rings. The number of fused-ring (bicyclic) bond motifs is 1. The van der Waals surface area contributed by atoms with Crippen LogP contribution in [0.1, 0.15) is 29.5 Å². The molecular weight excluding hydrogens is 474 g/mol. The minimum atomic E-state index is -3.87. The lowest BCUT2D eigenvalue weighted by Crippen LogP contribution is -2.50. The zero-order valence-corrected chi connectivity index (χ0v) is 21.2. The summed E-state index contributed by atoms with van der Waals surface area (Å²) < 4.78 is 34.3. The van der Waals surface area contributed by atoms with Crippen molar-refractivity contribution in [1.82, 2.24) is 10.2 Å². The highest BCUT2D eigenvalue weighted by atomic mass is 32.2. The number of rotatable bonds is 7. The summed E-state index contributed by atoms with van der Waals surface area (Å²) in [7, 11) is -3.87. The fourth-order valence-corrected chi connectivity index (χ4v) is 6.20. The molecule has 2 aliphatic heterocycles. The van der Waals surface area contributed by atoms with Gasteiger partial charge in [0.15, 0.2) is 6.10 Å². The fourth-order valence-electron chi connectivity index (χ4n) is 4.71. The molecule has 1 amide bonds. The average Bonchev–Trinajstić information content (AvgIpc) is 3.41. The van der Waals surface area contributed by atoms with Crippen molar-refractivity contribution in [2.24, 2.45) is 0 Å². The van der Waals surface area contributed by atoms with Gasteiger partial charge in [-0.1, -0.05) is 48.5 Å². The largest absolute Gasteiger partial charge is 0.476 e. The topological polar surface area (TPSA) is 79.0 Å². The van der Waals surface area contributed by atoms with E-state index in [-0.39, 0.29) is 17.3 Å². The van der Waals surface area contributed by atoms with Crippen molar-refractivity contribution in [1.29, 1.82) is 0 Å². The van der Waals surface area contributed by atoms with Crippen LogP contribution in [0.2, 0.25) is 0 Å². The van der Waals surface area contributed by atoms with Gasteiger partial charge in [-0.25, -0.2) is 8.42 Å². The molecule has 36 heavy (non-hydrogen) atoms. The number of amides is 1. The molecule has 1 atom stereocenters. The normalized spacial score (nSPS) is 17.9. The molecule has 3 aromatic carbocycles. The van der Waals surface area contributed by atoms with Crippen LogP contribution in [0.4, 0.5) is 5.69 Å². The maximum atomic E-state index is 13.5. The zero-order chi connectivity index (χ0) is 25.1. The van der Waals surface area contributed by atoms with Crippen LogP contribution < -0.4 is 14.4 Å². The molecule has 8 heteroatoms. The maximum Gasteiger partial charge on any atom is 0.264 e. The number of aryl methyl sites for hydroxylation is 1. The summed E-state index contributed by atoms with van der Waals surface area (Å²) in [6, 6.07) is 21.8. The van der Waals surface area contributed by atoms with Crippen molar-refractivity contribution >= 4 is 21.6 Å². The Kier molecular flexibility index (Phi) is 6.98. The number of anilines is 1. The lowest BCUT2D eigenvalue weighted by molar-refractivity contribution is -0.127. The van der Waals surface area contributed by atoms with Gasteiger partial charge >= 0.3 is 0 Å². The number of hydrogen-bond acceptors (Lipinski definition) is 5. The maximum absolute atomic E-state index is 13.5. The van der Waals surface area contributed by atoms with Crippen LogP contribution in [0.15, 0.2) is 77.7 Å². The molecule has 2 heterocycles. The second kappa shape index (κ2) is 10.3. The number of benzene rings is 3. The van der Waals surface area contributed by atoms with Crippen LogP contribution in [0.3, 0.4) is 0 Å². The molecule has 0 bridgehead atoms. The smallest absolute Gasteiger partial charge is 0.264 e. The van der Waals surface area contributed by atoms with Crippen LogP contribution in [0, 0.1) is 6.92 Å². The molecule has 0 radical (unpaired) electrons. The third kappa shape index (κ3) is 5.24. The first-order valence-corrected chi connectivity index (χ1v) is 13.8. The van der Waals surface area contributed by atoms with Crippen molar-refractivity contribution in [2.45, 2.75) is 43.9 Å². The second-order valence-corrected chi connectivity index (χ2v) is 11.3. The van der Waals surface area contributed by atoms with Gasteiger partial charge in [0.2, 0.25) is 0 Å². The first kappa shape index (κ1) is 24.3. The van der Waals surface area contributed by atoms with Crippen molar-refractivity contribution < 1.29 is 17.9 Å². The van der Waals surface area contributed by atoms with E-state index < -0.39 is 16.1 Å². The number of nitrogens with zero attached hydrogens (tertiary/aromatic N) is 2. The van der Waals surface area contributed by atoms with Gasteiger partial charge in [0.1, 0.15) is 5.75 Å². The molecule has 2 aliphatic rings. The van der Waals surface area contributed by atoms with E-state index in [9.17, 15) is 13.2 Å². The van der Waals surface area contributed by atoms with Crippen LogP contribution in [-0.4, -0.2) is 45.0 Å². The molecule has 7 nitrogen and oxygen atoms in total. The number of carbonyl (C=O) groups excluding carboxylic acids is 1. The molecule has 1 fully saturated rings. The van der Waals surface area contributed by atoms with Gasteiger partial charge in [0.25, 0.3) is 15.9 Å². The summed E-state index contributed by atoms with van der Waals surface area (Å²) in [5.41, 5.74) is 3.59. The Morgan fingerprint density at radius 3 is 2.39 bits per heavy atom. The quantitative estimate of drug-likeness (QED) is 0.528. The van der Waals surface area contributed by atoms with Gasteiger partial charge in [-0.15, -0.1) is 0 Å². The van der Waals surface area contributed by atoms with Gasteiger partial charge in [0.05, 0.1) is 17.1 Å². The predicted molar refractivity (Wildman–Crippen MR) is 139 cm³/mol. The van der Waals surface area contributed by atoms with Crippen LogP contribution in [-0.2, 0) is 27.9 Å². The number of sulfonamides is 1. The standard InChI is InChI=1S/C28H31N3O4S/c1-21-9-14-26-25(17-21)31(36(33,34)24-7-3-2-4-8-24)20-27(35-26)28(32)29-18-22-10-12-23(13-11-22)19-30-15-5-6-16-30/h2-4,7-14,17,27H,5-6,15-16,18-20H2,1H3,(H,29,32)/t27-/m1/s1. The number of carbonyl (C=O) groups is 1. The zero-order valence-electron chi connectivity index (χ0n) is 20.4. The highest BCUT2D eigenvalue weighted by Gasteiger charge is 2.37.